The maximum atomic E-state index is 10.3. The molecule has 0 aliphatic heterocycles. The van der Waals surface area contributed by atoms with Crippen LogP contribution in [0.5, 0.6) is 5.75 Å². The molecule has 0 amide bonds. The van der Waals surface area contributed by atoms with E-state index >= 15 is 0 Å². The summed E-state index contributed by atoms with van der Waals surface area (Å²) < 4.78 is 5.24. The van der Waals surface area contributed by atoms with Crippen LogP contribution in [-0.2, 0) is 6.42 Å². The van der Waals surface area contributed by atoms with E-state index in [1.807, 2.05) is 0 Å². The van der Waals surface area contributed by atoms with Gasteiger partial charge in [0.25, 0.3) is 0 Å². The van der Waals surface area contributed by atoms with E-state index in [2.05, 4.69) is 4.98 Å². The highest BCUT2D eigenvalue weighted by Crippen LogP contribution is 2.30. The number of halogens is 3. The van der Waals surface area contributed by atoms with Gasteiger partial charge in [-0.1, -0.05) is 34.8 Å². The van der Waals surface area contributed by atoms with Crippen LogP contribution in [0, 0.1) is 0 Å². The fourth-order valence-corrected chi connectivity index (χ4v) is 2.58. The summed E-state index contributed by atoms with van der Waals surface area (Å²) >= 11 is 17.8. The predicted molar refractivity (Wildman–Crippen MR) is 80.9 cm³/mol. The molecule has 2 aromatic rings. The standard InChI is InChI=1S/C14H12Cl3NO2/c1-20-13-3-2-9(15)4-8(13)5-12(19)14-11(17)6-10(16)7-18-14/h2-4,6-7,12,19H,5H2,1H3. The van der Waals surface area contributed by atoms with Crippen molar-refractivity contribution in [3.63, 3.8) is 0 Å². The quantitative estimate of drug-likeness (QED) is 0.906. The molecule has 1 aromatic carbocycles. The molecule has 0 fully saturated rings. The molecular weight excluding hydrogens is 321 g/mol. The van der Waals surface area contributed by atoms with E-state index in [4.69, 9.17) is 39.5 Å². The molecule has 0 saturated heterocycles. The van der Waals surface area contributed by atoms with Gasteiger partial charge < -0.3 is 9.84 Å². The molecule has 1 atom stereocenters. The lowest BCUT2D eigenvalue weighted by Gasteiger charge is -2.14. The molecule has 1 heterocycles. The molecule has 6 heteroatoms. The van der Waals surface area contributed by atoms with Crippen molar-refractivity contribution in [2.45, 2.75) is 12.5 Å². The van der Waals surface area contributed by atoms with Crippen molar-refractivity contribution in [2.24, 2.45) is 0 Å². The molecule has 106 valence electrons. The summed E-state index contributed by atoms with van der Waals surface area (Å²) in [7, 11) is 1.56. The number of ether oxygens (including phenoxy) is 1. The Morgan fingerprint density at radius 1 is 1.20 bits per heavy atom. The number of hydrogen-bond donors (Lipinski definition) is 1. The van der Waals surface area contributed by atoms with Crippen LogP contribution in [0.25, 0.3) is 0 Å². The zero-order valence-corrected chi connectivity index (χ0v) is 12.9. The second kappa shape index (κ2) is 6.64. The first-order valence-corrected chi connectivity index (χ1v) is 6.96. The fraction of sp³-hybridized carbons (Fsp3) is 0.214. The minimum Gasteiger partial charge on any atom is -0.496 e. The van der Waals surface area contributed by atoms with Gasteiger partial charge in [0.05, 0.1) is 22.8 Å². The van der Waals surface area contributed by atoms with E-state index in [9.17, 15) is 5.11 Å². The van der Waals surface area contributed by atoms with Crippen molar-refractivity contribution in [3.8, 4) is 5.75 Å². The van der Waals surface area contributed by atoms with E-state index in [0.29, 0.717) is 26.5 Å². The maximum absolute atomic E-state index is 10.3. The van der Waals surface area contributed by atoms with Crippen LogP contribution in [0.3, 0.4) is 0 Å². The number of methoxy groups -OCH3 is 1. The molecule has 1 N–H and O–H groups in total. The molecule has 1 aromatic heterocycles. The first-order chi connectivity index (χ1) is 9.51. The Kier molecular flexibility index (Phi) is 5.11. The van der Waals surface area contributed by atoms with Crippen molar-refractivity contribution in [2.75, 3.05) is 7.11 Å². The van der Waals surface area contributed by atoms with Crippen molar-refractivity contribution in [1.29, 1.82) is 0 Å². The highest BCUT2D eigenvalue weighted by Gasteiger charge is 2.17. The number of aromatic nitrogens is 1. The van der Waals surface area contributed by atoms with Gasteiger partial charge in [0.15, 0.2) is 0 Å². The van der Waals surface area contributed by atoms with E-state index < -0.39 is 6.10 Å². The zero-order valence-electron chi connectivity index (χ0n) is 10.6. The van der Waals surface area contributed by atoms with E-state index in [-0.39, 0.29) is 6.42 Å². The average Bonchev–Trinajstić information content (AvgIpc) is 2.38. The lowest BCUT2D eigenvalue weighted by Crippen LogP contribution is -2.06. The van der Waals surface area contributed by atoms with Gasteiger partial charge in [0.1, 0.15) is 11.9 Å². The lowest BCUT2D eigenvalue weighted by atomic mass is 10.0. The average molecular weight is 333 g/mol. The molecule has 0 spiro atoms. The minimum atomic E-state index is -0.868. The molecule has 2 rings (SSSR count). The third-order valence-corrected chi connectivity index (χ3v) is 3.55. The van der Waals surface area contributed by atoms with Crippen molar-refractivity contribution in [3.05, 3.63) is 56.8 Å². The molecule has 0 aliphatic rings. The van der Waals surface area contributed by atoms with Gasteiger partial charge in [-0.05, 0) is 29.8 Å². The second-order valence-electron chi connectivity index (χ2n) is 4.20. The Morgan fingerprint density at radius 2 is 1.95 bits per heavy atom. The van der Waals surface area contributed by atoms with Crippen LogP contribution in [0.1, 0.15) is 17.4 Å². The first kappa shape index (κ1) is 15.4. The van der Waals surface area contributed by atoms with Crippen molar-refractivity contribution < 1.29 is 9.84 Å². The van der Waals surface area contributed by atoms with Gasteiger partial charge in [-0.3, -0.25) is 4.98 Å². The maximum Gasteiger partial charge on any atom is 0.122 e. The Bertz CT molecular complexity index is 619. The molecule has 0 aliphatic carbocycles. The van der Waals surface area contributed by atoms with Crippen molar-refractivity contribution >= 4 is 34.8 Å². The second-order valence-corrected chi connectivity index (χ2v) is 5.48. The highest BCUT2D eigenvalue weighted by molar-refractivity contribution is 6.34. The van der Waals surface area contributed by atoms with Crippen LogP contribution >= 0.6 is 34.8 Å². The number of benzene rings is 1. The molecule has 20 heavy (non-hydrogen) atoms. The molecule has 0 bridgehead atoms. The summed E-state index contributed by atoms with van der Waals surface area (Å²) in [6.45, 7) is 0. The Balaban J connectivity index is 2.27. The number of aliphatic hydroxyl groups is 1. The van der Waals surface area contributed by atoms with Crippen LogP contribution < -0.4 is 4.74 Å². The van der Waals surface area contributed by atoms with Crippen LogP contribution in [0.15, 0.2) is 30.5 Å². The summed E-state index contributed by atoms with van der Waals surface area (Å²) in [5.41, 5.74) is 1.15. The van der Waals surface area contributed by atoms with E-state index in [1.165, 1.54) is 6.20 Å². The number of rotatable bonds is 4. The summed E-state index contributed by atoms with van der Waals surface area (Å²) in [6, 6.07) is 6.77. The van der Waals surface area contributed by atoms with Gasteiger partial charge in [-0.25, -0.2) is 0 Å². The summed E-state index contributed by atoms with van der Waals surface area (Å²) in [6.07, 6.45) is 0.867. The predicted octanol–water partition coefficient (Wildman–Crippen LogP) is 4.33. The highest BCUT2D eigenvalue weighted by atomic mass is 35.5. The van der Waals surface area contributed by atoms with Gasteiger partial charge in [-0.15, -0.1) is 0 Å². The third-order valence-electron chi connectivity index (χ3n) is 2.81. The summed E-state index contributed by atoms with van der Waals surface area (Å²) in [5.74, 6) is 0.651. The normalized spacial score (nSPS) is 12.2. The van der Waals surface area contributed by atoms with E-state index in [1.54, 1.807) is 31.4 Å². The number of aliphatic hydroxyl groups excluding tert-OH is 1. The van der Waals surface area contributed by atoms with Gasteiger partial charge in [0.2, 0.25) is 0 Å². The summed E-state index contributed by atoms with van der Waals surface area (Å²) in [4.78, 5) is 4.06. The van der Waals surface area contributed by atoms with Crippen LogP contribution in [0.2, 0.25) is 15.1 Å². The van der Waals surface area contributed by atoms with Crippen LogP contribution in [0.4, 0.5) is 0 Å². The number of hydrogen-bond acceptors (Lipinski definition) is 3. The molecule has 1 unspecified atom stereocenters. The SMILES string of the molecule is COc1ccc(Cl)cc1CC(O)c1ncc(Cl)cc1Cl. The molecule has 0 radical (unpaired) electrons. The smallest absolute Gasteiger partial charge is 0.122 e. The largest absolute Gasteiger partial charge is 0.496 e. The fourth-order valence-electron chi connectivity index (χ4n) is 1.88. The number of pyridine rings is 1. The van der Waals surface area contributed by atoms with Gasteiger partial charge in [0, 0.05) is 17.6 Å². The number of nitrogens with zero attached hydrogens (tertiary/aromatic N) is 1. The zero-order chi connectivity index (χ0) is 14.7. The third kappa shape index (κ3) is 3.55. The molecule has 0 saturated carbocycles. The Labute approximate surface area is 132 Å². The van der Waals surface area contributed by atoms with E-state index in [0.717, 1.165) is 5.56 Å². The Morgan fingerprint density at radius 3 is 2.60 bits per heavy atom. The Hall–Kier alpha value is -1.000. The first-order valence-electron chi connectivity index (χ1n) is 5.82. The van der Waals surface area contributed by atoms with Crippen molar-refractivity contribution in [1.82, 2.24) is 4.98 Å². The van der Waals surface area contributed by atoms with Gasteiger partial charge >= 0.3 is 0 Å². The molecule has 3 nitrogen and oxygen atoms in total. The van der Waals surface area contributed by atoms with Gasteiger partial charge in [-0.2, -0.15) is 0 Å². The minimum absolute atomic E-state index is 0.290. The summed E-state index contributed by atoms with van der Waals surface area (Å²) in [5, 5.41) is 11.6. The lowest BCUT2D eigenvalue weighted by molar-refractivity contribution is 0.172. The van der Waals surface area contributed by atoms with Crippen LogP contribution in [-0.4, -0.2) is 17.2 Å². The molecular formula is C14H12Cl3NO2. The topological polar surface area (TPSA) is 42.4 Å². The monoisotopic (exact) mass is 331 g/mol.